The normalized spacial score (nSPS) is 11.3. The molecule has 2 aromatic rings. The first-order valence-electron chi connectivity index (χ1n) is 6.58. The zero-order chi connectivity index (χ0) is 16.3. The number of nitrogens with zero attached hydrogens (tertiary/aromatic N) is 1. The fourth-order valence-corrected chi connectivity index (χ4v) is 3.00. The molecule has 2 rings (SSSR count). The third kappa shape index (κ3) is 3.75. The topological polar surface area (TPSA) is 51.2 Å². The summed E-state index contributed by atoms with van der Waals surface area (Å²) in [6.07, 6.45) is 0. The molecule has 0 aliphatic rings. The number of carbonyl (C=O) groups excluding carboxylic acids is 1. The van der Waals surface area contributed by atoms with Crippen LogP contribution < -0.4 is 5.32 Å². The summed E-state index contributed by atoms with van der Waals surface area (Å²) in [5.41, 5.74) is 0.557. The minimum atomic E-state index is -0.514. The first-order valence-corrected chi connectivity index (χ1v) is 7.77. The number of esters is 1. The van der Waals surface area contributed by atoms with Gasteiger partial charge < -0.3 is 10.1 Å². The van der Waals surface area contributed by atoms with E-state index in [0.29, 0.717) is 11.7 Å². The molecule has 0 saturated carbocycles. The van der Waals surface area contributed by atoms with Crippen LogP contribution in [0.5, 0.6) is 0 Å². The monoisotopic (exact) mass is 342 g/mol. The minimum Gasteiger partial charge on any atom is -0.465 e. The van der Waals surface area contributed by atoms with Crippen LogP contribution in [-0.2, 0) is 10.2 Å². The number of benzene rings is 1. The van der Waals surface area contributed by atoms with E-state index < -0.39 is 5.97 Å². The summed E-state index contributed by atoms with van der Waals surface area (Å²) in [5, 5.41) is 3.77. The average Bonchev–Trinajstić information content (AvgIpc) is 2.86. The van der Waals surface area contributed by atoms with Crippen LogP contribution >= 0.6 is 22.9 Å². The molecular weight excluding hydrogens is 327 g/mol. The van der Waals surface area contributed by atoms with Gasteiger partial charge in [-0.25, -0.2) is 14.2 Å². The van der Waals surface area contributed by atoms with Crippen molar-refractivity contribution >= 4 is 34.0 Å². The molecule has 1 heterocycles. The number of nitrogens with one attached hydrogen (secondary N) is 1. The van der Waals surface area contributed by atoms with Gasteiger partial charge in [-0.1, -0.05) is 48.9 Å². The van der Waals surface area contributed by atoms with Gasteiger partial charge in [0, 0.05) is 12.0 Å². The minimum absolute atomic E-state index is 0.114. The molecule has 22 heavy (non-hydrogen) atoms. The van der Waals surface area contributed by atoms with Crippen LogP contribution in [0.1, 0.15) is 29.1 Å². The highest BCUT2D eigenvalue weighted by Crippen LogP contribution is 2.29. The zero-order valence-electron chi connectivity index (χ0n) is 12.4. The van der Waals surface area contributed by atoms with Crippen molar-refractivity contribution in [3.05, 3.63) is 45.7 Å². The van der Waals surface area contributed by atoms with Crippen molar-refractivity contribution in [2.24, 2.45) is 0 Å². The molecule has 4 nitrogen and oxygen atoms in total. The molecule has 0 unspecified atom stereocenters. The molecule has 1 aromatic heterocycles. The third-order valence-electron chi connectivity index (χ3n) is 3.24. The first-order chi connectivity index (χ1) is 10.3. The Bertz CT molecular complexity index is 688. The predicted molar refractivity (Wildman–Crippen MR) is 86.4 cm³/mol. The largest absolute Gasteiger partial charge is 0.465 e. The second kappa shape index (κ2) is 6.62. The molecule has 1 N–H and O–H groups in total. The third-order valence-corrected chi connectivity index (χ3v) is 4.62. The molecule has 0 bridgehead atoms. The van der Waals surface area contributed by atoms with E-state index in [2.05, 4.69) is 15.0 Å². The van der Waals surface area contributed by atoms with Crippen LogP contribution in [0.4, 0.5) is 9.52 Å². The van der Waals surface area contributed by atoms with Crippen molar-refractivity contribution in [3.63, 3.8) is 0 Å². The summed E-state index contributed by atoms with van der Waals surface area (Å²) in [5.74, 6) is -0.782. The number of hydrogen-bond donors (Lipinski definition) is 1. The van der Waals surface area contributed by atoms with Crippen LogP contribution in [0, 0.1) is 5.82 Å². The summed E-state index contributed by atoms with van der Waals surface area (Å²) >= 11 is 7.04. The van der Waals surface area contributed by atoms with Gasteiger partial charge in [0.1, 0.15) is 5.82 Å². The Morgan fingerprint density at radius 1 is 1.50 bits per heavy atom. The molecule has 0 atom stereocenters. The summed E-state index contributed by atoms with van der Waals surface area (Å²) < 4.78 is 18.0. The number of anilines is 1. The maximum absolute atomic E-state index is 13.3. The summed E-state index contributed by atoms with van der Waals surface area (Å²) in [4.78, 5) is 15.9. The Hall–Kier alpha value is -1.66. The molecule has 7 heteroatoms. The summed E-state index contributed by atoms with van der Waals surface area (Å²) in [7, 11) is 1.29. The quantitative estimate of drug-likeness (QED) is 0.831. The molecule has 0 amide bonds. The van der Waals surface area contributed by atoms with Crippen molar-refractivity contribution in [1.29, 1.82) is 0 Å². The molecule has 0 aliphatic heterocycles. The van der Waals surface area contributed by atoms with Crippen LogP contribution in [-0.4, -0.2) is 24.6 Å². The number of aromatic nitrogens is 1. The highest BCUT2D eigenvalue weighted by atomic mass is 35.5. The van der Waals surface area contributed by atoms with Gasteiger partial charge in [-0.05, 0) is 17.7 Å². The number of ether oxygens (including phenoxy) is 1. The number of halogens is 2. The maximum atomic E-state index is 13.3. The molecule has 0 spiro atoms. The van der Waals surface area contributed by atoms with Gasteiger partial charge in [0.05, 0.1) is 7.11 Å². The van der Waals surface area contributed by atoms with Gasteiger partial charge in [0.15, 0.2) is 15.2 Å². The molecule has 0 radical (unpaired) electrons. The van der Waals surface area contributed by atoms with Crippen molar-refractivity contribution in [2.45, 2.75) is 19.3 Å². The molecule has 118 valence electrons. The number of methoxy groups -OCH3 is 1. The van der Waals surface area contributed by atoms with Crippen molar-refractivity contribution in [2.75, 3.05) is 19.0 Å². The van der Waals surface area contributed by atoms with E-state index >= 15 is 0 Å². The Balaban J connectivity index is 2.10. The zero-order valence-corrected chi connectivity index (χ0v) is 14.0. The van der Waals surface area contributed by atoms with E-state index in [1.54, 1.807) is 6.07 Å². The number of hydrogen-bond acceptors (Lipinski definition) is 5. The molecule has 0 aliphatic carbocycles. The second-order valence-corrected chi connectivity index (χ2v) is 6.74. The Morgan fingerprint density at radius 2 is 2.23 bits per heavy atom. The number of thiazole rings is 1. The number of carbonyl (C=O) groups is 1. The van der Waals surface area contributed by atoms with Crippen molar-refractivity contribution in [1.82, 2.24) is 4.98 Å². The van der Waals surface area contributed by atoms with Gasteiger partial charge in [-0.2, -0.15) is 0 Å². The Morgan fingerprint density at radius 3 is 2.86 bits per heavy atom. The summed E-state index contributed by atoms with van der Waals surface area (Å²) in [6, 6.07) is 6.48. The Kier molecular flexibility index (Phi) is 5.03. The van der Waals surface area contributed by atoms with E-state index in [-0.39, 0.29) is 21.3 Å². The summed E-state index contributed by atoms with van der Waals surface area (Å²) in [6.45, 7) is 4.50. The Labute approximate surface area is 137 Å². The van der Waals surface area contributed by atoms with Gasteiger partial charge in [0.25, 0.3) is 0 Å². The molecular formula is C15H16ClFN2O2S. The van der Waals surface area contributed by atoms with Gasteiger partial charge in [-0.3, -0.25) is 0 Å². The SMILES string of the molecule is COC(=O)c1sc(NCC(C)(C)c2cccc(F)c2)nc1Cl. The van der Waals surface area contributed by atoms with Crippen LogP contribution in [0.2, 0.25) is 5.15 Å². The van der Waals surface area contributed by atoms with Crippen molar-refractivity contribution in [3.8, 4) is 0 Å². The smallest absolute Gasteiger partial charge is 0.351 e. The van der Waals surface area contributed by atoms with Crippen LogP contribution in [0.25, 0.3) is 0 Å². The second-order valence-electron chi connectivity index (χ2n) is 5.38. The van der Waals surface area contributed by atoms with Crippen molar-refractivity contribution < 1.29 is 13.9 Å². The average molecular weight is 343 g/mol. The lowest BCUT2D eigenvalue weighted by Crippen LogP contribution is -2.27. The lowest BCUT2D eigenvalue weighted by atomic mass is 9.84. The highest BCUT2D eigenvalue weighted by Gasteiger charge is 2.23. The molecule has 0 fully saturated rings. The van der Waals surface area contributed by atoms with E-state index in [9.17, 15) is 9.18 Å². The van der Waals surface area contributed by atoms with E-state index in [1.165, 1.54) is 19.2 Å². The van der Waals surface area contributed by atoms with Gasteiger partial charge in [0.2, 0.25) is 0 Å². The van der Waals surface area contributed by atoms with Gasteiger partial charge >= 0.3 is 5.97 Å². The first kappa shape index (κ1) is 16.7. The van der Waals surface area contributed by atoms with Gasteiger partial charge in [-0.15, -0.1) is 0 Å². The fourth-order valence-electron chi connectivity index (χ4n) is 1.90. The maximum Gasteiger partial charge on any atom is 0.351 e. The highest BCUT2D eigenvalue weighted by molar-refractivity contribution is 7.18. The van der Waals surface area contributed by atoms with E-state index in [0.717, 1.165) is 16.9 Å². The van der Waals surface area contributed by atoms with Crippen LogP contribution in [0.3, 0.4) is 0 Å². The fraction of sp³-hybridized carbons (Fsp3) is 0.333. The molecule has 0 saturated heterocycles. The molecule has 1 aromatic carbocycles. The number of rotatable bonds is 5. The van der Waals surface area contributed by atoms with Crippen LogP contribution in [0.15, 0.2) is 24.3 Å². The predicted octanol–water partition coefficient (Wildman–Crippen LogP) is 4.11. The van der Waals surface area contributed by atoms with E-state index in [4.69, 9.17) is 11.6 Å². The lowest BCUT2D eigenvalue weighted by Gasteiger charge is -2.25. The standard InChI is InChI=1S/C15H16ClFN2O2S/c1-15(2,9-5-4-6-10(17)7-9)8-18-14-19-12(16)11(22-14)13(20)21-3/h4-7H,8H2,1-3H3,(H,18,19). The lowest BCUT2D eigenvalue weighted by molar-refractivity contribution is 0.0606. The van der Waals surface area contributed by atoms with E-state index in [1.807, 2.05) is 19.9 Å².